The number of rotatable bonds is 18. The Morgan fingerprint density at radius 1 is 0.455 bits per heavy atom. The molecule has 0 aliphatic rings. The van der Waals surface area contributed by atoms with Gasteiger partial charge in [-0.1, -0.05) is 117 Å². The van der Waals surface area contributed by atoms with Crippen LogP contribution in [0, 0.1) is 0 Å². The third kappa shape index (κ3) is 18.4. The summed E-state index contributed by atoms with van der Waals surface area (Å²) in [4.78, 5) is 0. The van der Waals surface area contributed by atoms with Crippen molar-refractivity contribution in [2.24, 2.45) is 0 Å². The minimum Gasteiger partial charge on any atom is -0.176 e. The number of hydrogen-bond acceptors (Lipinski definition) is 1. The fraction of sp³-hybridized carbons (Fsp3) is 1.00. The monoisotopic (exact) mass is 328 g/mol. The molecule has 0 fully saturated rings. The van der Waals surface area contributed by atoms with E-state index >= 15 is 0 Å². The van der Waals surface area contributed by atoms with Gasteiger partial charge in [0.25, 0.3) is 0 Å². The summed E-state index contributed by atoms with van der Waals surface area (Å²) >= 11 is 4.77. The van der Waals surface area contributed by atoms with E-state index in [1.165, 1.54) is 116 Å². The lowest BCUT2D eigenvalue weighted by Crippen LogP contribution is -1.98. The predicted octanol–water partition coefficient (Wildman–Crippen LogP) is 8.35. The van der Waals surface area contributed by atoms with Crippen molar-refractivity contribution < 1.29 is 0 Å². The van der Waals surface area contributed by atoms with Gasteiger partial charge in [-0.15, -0.1) is 0 Å². The normalized spacial score (nSPS) is 12.7. The van der Waals surface area contributed by atoms with Crippen molar-refractivity contribution in [3.05, 3.63) is 0 Å². The van der Waals surface area contributed by atoms with Gasteiger partial charge in [0.2, 0.25) is 0 Å². The Balaban J connectivity index is 3.11. The highest BCUT2D eigenvalue weighted by Gasteiger charge is 2.02. The molecule has 1 unspecified atom stereocenters. The highest BCUT2D eigenvalue weighted by atomic mass is 32.1. The summed E-state index contributed by atoms with van der Waals surface area (Å²) in [5, 5.41) is 0.667. The summed E-state index contributed by atoms with van der Waals surface area (Å²) in [6.45, 7) is 4.58. The molecule has 0 aliphatic carbocycles. The molecule has 134 valence electrons. The molecule has 22 heavy (non-hydrogen) atoms. The first-order chi connectivity index (χ1) is 10.8. The molecular formula is C21H44S. The summed E-state index contributed by atoms with van der Waals surface area (Å²) in [7, 11) is 0. The minimum atomic E-state index is 0.667. The average Bonchev–Trinajstić information content (AvgIpc) is 2.52. The van der Waals surface area contributed by atoms with Crippen molar-refractivity contribution in [3.63, 3.8) is 0 Å². The van der Waals surface area contributed by atoms with Crippen LogP contribution >= 0.6 is 12.6 Å². The van der Waals surface area contributed by atoms with Crippen LogP contribution < -0.4 is 0 Å². The highest BCUT2D eigenvalue weighted by Crippen LogP contribution is 2.18. The Bertz CT molecular complexity index is 190. The Morgan fingerprint density at radius 2 is 0.727 bits per heavy atom. The molecule has 0 aliphatic heterocycles. The van der Waals surface area contributed by atoms with E-state index < -0.39 is 0 Å². The van der Waals surface area contributed by atoms with Crippen molar-refractivity contribution >= 4 is 12.6 Å². The predicted molar refractivity (Wildman–Crippen MR) is 107 cm³/mol. The van der Waals surface area contributed by atoms with Crippen LogP contribution in [-0.4, -0.2) is 5.25 Å². The van der Waals surface area contributed by atoms with Crippen LogP contribution in [-0.2, 0) is 0 Å². The van der Waals surface area contributed by atoms with Gasteiger partial charge in [-0.25, -0.2) is 0 Å². The fourth-order valence-electron chi connectivity index (χ4n) is 3.17. The largest absolute Gasteiger partial charge is 0.176 e. The number of thiol groups is 1. The Hall–Kier alpha value is 0.350. The van der Waals surface area contributed by atoms with Crippen LogP contribution in [0.4, 0.5) is 0 Å². The highest BCUT2D eigenvalue weighted by molar-refractivity contribution is 7.80. The Morgan fingerprint density at radius 3 is 1.05 bits per heavy atom. The van der Waals surface area contributed by atoms with Crippen LogP contribution in [0.5, 0.6) is 0 Å². The van der Waals surface area contributed by atoms with Gasteiger partial charge >= 0.3 is 0 Å². The third-order valence-electron chi connectivity index (χ3n) is 4.78. The average molecular weight is 329 g/mol. The first-order valence-corrected chi connectivity index (χ1v) is 11.0. The molecule has 0 spiro atoms. The first kappa shape index (κ1) is 22.4. The first-order valence-electron chi connectivity index (χ1n) is 10.5. The Labute approximate surface area is 147 Å². The van der Waals surface area contributed by atoms with Crippen LogP contribution in [0.1, 0.15) is 129 Å². The summed E-state index contributed by atoms with van der Waals surface area (Å²) in [6, 6.07) is 0. The molecule has 0 radical (unpaired) electrons. The van der Waals surface area contributed by atoms with Gasteiger partial charge in [0.15, 0.2) is 0 Å². The maximum absolute atomic E-state index is 4.77. The lowest BCUT2D eigenvalue weighted by atomic mass is 10.0. The van der Waals surface area contributed by atoms with Crippen LogP contribution in [0.2, 0.25) is 0 Å². The molecule has 0 aromatic rings. The lowest BCUT2D eigenvalue weighted by Gasteiger charge is -2.10. The zero-order valence-electron chi connectivity index (χ0n) is 15.8. The molecule has 1 heteroatoms. The molecule has 0 saturated carbocycles. The van der Waals surface area contributed by atoms with E-state index in [1.54, 1.807) is 0 Å². The molecule has 0 rings (SSSR count). The van der Waals surface area contributed by atoms with Crippen molar-refractivity contribution in [1.29, 1.82) is 0 Å². The quantitative estimate of drug-likeness (QED) is 0.190. The van der Waals surface area contributed by atoms with Gasteiger partial charge in [-0.2, -0.15) is 12.6 Å². The molecule has 0 aromatic heterocycles. The molecule has 0 bridgehead atoms. The van der Waals surface area contributed by atoms with Crippen molar-refractivity contribution in [3.8, 4) is 0 Å². The van der Waals surface area contributed by atoms with E-state index in [0.717, 1.165) is 0 Å². The maximum atomic E-state index is 4.77. The second-order valence-corrected chi connectivity index (χ2v) is 7.91. The zero-order chi connectivity index (χ0) is 16.3. The Kier molecular flexibility index (Phi) is 19.7. The molecule has 1 atom stereocenters. The third-order valence-corrected chi connectivity index (χ3v) is 5.30. The molecule has 0 nitrogen and oxygen atoms in total. The molecule has 0 saturated heterocycles. The van der Waals surface area contributed by atoms with E-state index in [-0.39, 0.29) is 0 Å². The number of unbranched alkanes of at least 4 members (excludes halogenated alkanes) is 14. The smallest absolute Gasteiger partial charge is 0.00168 e. The maximum Gasteiger partial charge on any atom is 0.00168 e. The molecule has 0 amide bonds. The van der Waals surface area contributed by atoms with Gasteiger partial charge in [0.1, 0.15) is 0 Å². The van der Waals surface area contributed by atoms with Crippen LogP contribution in [0.3, 0.4) is 0 Å². The number of hydrogen-bond donors (Lipinski definition) is 1. The second-order valence-electron chi connectivity index (χ2n) is 7.18. The van der Waals surface area contributed by atoms with Crippen molar-refractivity contribution in [2.45, 2.75) is 135 Å². The summed E-state index contributed by atoms with van der Waals surface area (Å²) in [6.07, 6.45) is 25.5. The van der Waals surface area contributed by atoms with E-state index in [2.05, 4.69) is 13.8 Å². The van der Waals surface area contributed by atoms with Gasteiger partial charge in [0, 0.05) is 5.25 Å². The summed E-state index contributed by atoms with van der Waals surface area (Å²) in [5.74, 6) is 0. The molecule has 0 aromatic carbocycles. The van der Waals surface area contributed by atoms with Crippen LogP contribution in [0.15, 0.2) is 0 Å². The van der Waals surface area contributed by atoms with E-state index in [9.17, 15) is 0 Å². The minimum absolute atomic E-state index is 0.667. The van der Waals surface area contributed by atoms with Gasteiger partial charge < -0.3 is 0 Å². The van der Waals surface area contributed by atoms with Gasteiger partial charge in [-0.05, 0) is 12.8 Å². The van der Waals surface area contributed by atoms with Crippen LogP contribution in [0.25, 0.3) is 0 Å². The topological polar surface area (TPSA) is 0 Å². The standard InChI is InChI=1S/C21H44S/c1-3-5-7-9-11-12-14-16-18-20-21(22)19-17-15-13-10-8-6-4-2/h21-22H,3-20H2,1-2H3. The molecule has 0 heterocycles. The van der Waals surface area contributed by atoms with E-state index in [1.807, 2.05) is 0 Å². The second kappa shape index (κ2) is 19.4. The van der Waals surface area contributed by atoms with E-state index in [4.69, 9.17) is 12.6 Å². The SMILES string of the molecule is CCCCCCCCCCCC(S)CCCCCCCCC. The zero-order valence-corrected chi connectivity index (χ0v) is 16.6. The molecular weight excluding hydrogens is 284 g/mol. The van der Waals surface area contributed by atoms with Gasteiger partial charge in [-0.3, -0.25) is 0 Å². The molecule has 0 N–H and O–H groups in total. The van der Waals surface area contributed by atoms with Crippen molar-refractivity contribution in [2.75, 3.05) is 0 Å². The summed E-state index contributed by atoms with van der Waals surface area (Å²) in [5.41, 5.74) is 0. The van der Waals surface area contributed by atoms with E-state index in [0.29, 0.717) is 5.25 Å². The van der Waals surface area contributed by atoms with Gasteiger partial charge in [0.05, 0.1) is 0 Å². The fourth-order valence-corrected chi connectivity index (χ4v) is 3.54. The van der Waals surface area contributed by atoms with Crippen molar-refractivity contribution in [1.82, 2.24) is 0 Å². The summed E-state index contributed by atoms with van der Waals surface area (Å²) < 4.78 is 0. The lowest BCUT2D eigenvalue weighted by molar-refractivity contribution is 0.531.